The van der Waals surface area contributed by atoms with E-state index in [9.17, 15) is 10.0 Å². The van der Waals surface area contributed by atoms with E-state index in [1.165, 1.54) is 10.9 Å². The van der Waals surface area contributed by atoms with Crippen LogP contribution >= 0.6 is 0 Å². The van der Waals surface area contributed by atoms with Crippen molar-refractivity contribution in [3.8, 4) is 0 Å². The first-order chi connectivity index (χ1) is 13.7. The Bertz CT molecular complexity index is 1090. The van der Waals surface area contributed by atoms with Gasteiger partial charge in [0.15, 0.2) is 0 Å². The van der Waals surface area contributed by atoms with Gasteiger partial charge in [-0.1, -0.05) is 48.5 Å². The molecule has 4 N–H and O–H groups in total. The fourth-order valence-corrected chi connectivity index (χ4v) is 3.45. The van der Waals surface area contributed by atoms with Gasteiger partial charge in [0.2, 0.25) is 0 Å². The highest BCUT2D eigenvalue weighted by Crippen LogP contribution is 2.27. The van der Waals surface area contributed by atoms with Gasteiger partial charge in [-0.15, -0.1) is 0 Å². The minimum absolute atomic E-state index is 0.457. The first kappa shape index (κ1) is 17.8. The lowest BCUT2D eigenvalue weighted by Crippen LogP contribution is -2.27. The monoisotopic (exact) mass is 371 g/mol. The second-order valence-electron chi connectivity index (χ2n) is 6.70. The molecule has 3 aromatic carbocycles. The number of hydroxylamine groups is 1. The molecule has 0 spiro atoms. The van der Waals surface area contributed by atoms with Crippen molar-refractivity contribution in [2.24, 2.45) is 0 Å². The van der Waals surface area contributed by atoms with E-state index >= 15 is 0 Å². The summed E-state index contributed by atoms with van der Waals surface area (Å²) in [5, 5.41) is 13.8. The summed E-state index contributed by atoms with van der Waals surface area (Å²) in [4.78, 5) is 15.5. The van der Waals surface area contributed by atoms with Crippen molar-refractivity contribution in [3.63, 3.8) is 0 Å². The van der Waals surface area contributed by atoms with Crippen LogP contribution in [0.4, 0.5) is 5.69 Å². The molecule has 1 aromatic heterocycles. The summed E-state index contributed by atoms with van der Waals surface area (Å²) in [5.41, 5.74) is 6.63. The first-order valence-corrected chi connectivity index (χ1v) is 9.13. The molecule has 5 nitrogen and oxygen atoms in total. The van der Waals surface area contributed by atoms with E-state index in [-0.39, 0.29) is 0 Å². The molecular weight excluding hydrogens is 350 g/mol. The summed E-state index contributed by atoms with van der Waals surface area (Å²) in [6.45, 7) is 0.673. The third-order valence-electron chi connectivity index (χ3n) is 4.84. The van der Waals surface area contributed by atoms with Crippen LogP contribution in [-0.2, 0) is 11.3 Å². The van der Waals surface area contributed by atoms with Crippen LogP contribution in [0.5, 0.6) is 0 Å². The summed E-state index contributed by atoms with van der Waals surface area (Å²) in [7, 11) is 0. The van der Waals surface area contributed by atoms with Gasteiger partial charge in [0.05, 0.1) is 5.92 Å². The summed E-state index contributed by atoms with van der Waals surface area (Å²) in [6, 6.07) is 25.5. The number of nitrogens with one attached hydrogen (secondary N) is 3. The molecule has 0 saturated carbocycles. The average Bonchev–Trinajstić information content (AvgIpc) is 3.21. The highest BCUT2D eigenvalue weighted by Gasteiger charge is 2.22. The van der Waals surface area contributed by atoms with Crippen molar-refractivity contribution >= 4 is 22.5 Å². The van der Waals surface area contributed by atoms with E-state index in [0.29, 0.717) is 6.54 Å². The largest absolute Gasteiger partial charge is 0.381 e. The SMILES string of the molecule is O=C(NO)C(c1ccccc1)c1cccc(NCc2ccc3[nH]ccc3c2)c1. The normalized spacial score (nSPS) is 11.9. The summed E-state index contributed by atoms with van der Waals surface area (Å²) >= 11 is 0. The van der Waals surface area contributed by atoms with Gasteiger partial charge in [-0.3, -0.25) is 10.0 Å². The van der Waals surface area contributed by atoms with Crippen LogP contribution in [0.3, 0.4) is 0 Å². The Hall–Kier alpha value is -3.57. The van der Waals surface area contributed by atoms with Gasteiger partial charge in [0.1, 0.15) is 0 Å². The fraction of sp³-hybridized carbons (Fsp3) is 0.0870. The number of fused-ring (bicyclic) bond motifs is 1. The van der Waals surface area contributed by atoms with Crippen molar-refractivity contribution in [2.75, 3.05) is 5.32 Å². The van der Waals surface area contributed by atoms with Crippen LogP contribution in [0, 0.1) is 0 Å². The number of rotatable bonds is 6. The van der Waals surface area contributed by atoms with Crippen molar-refractivity contribution in [2.45, 2.75) is 12.5 Å². The number of benzene rings is 3. The van der Waals surface area contributed by atoms with E-state index in [1.807, 2.05) is 60.8 Å². The summed E-state index contributed by atoms with van der Waals surface area (Å²) in [5.74, 6) is -1.04. The Morgan fingerprint density at radius 1 is 0.929 bits per heavy atom. The molecule has 0 radical (unpaired) electrons. The van der Waals surface area contributed by atoms with Crippen LogP contribution in [0.1, 0.15) is 22.6 Å². The molecule has 0 aliphatic heterocycles. The fourth-order valence-electron chi connectivity index (χ4n) is 3.45. The Morgan fingerprint density at radius 3 is 2.57 bits per heavy atom. The Morgan fingerprint density at radius 2 is 1.75 bits per heavy atom. The quantitative estimate of drug-likeness (QED) is 0.299. The Balaban J connectivity index is 1.56. The van der Waals surface area contributed by atoms with Crippen LogP contribution < -0.4 is 10.8 Å². The maximum atomic E-state index is 12.3. The molecule has 4 rings (SSSR count). The van der Waals surface area contributed by atoms with E-state index in [1.54, 1.807) is 5.48 Å². The van der Waals surface area contributed by atoms with Crippen LogP contribution in [0.2, 0.25) is 0 Å². The third kappa shape index (κ3) is 3.75. The lowest BCUT2D eigenvalue weighted by atomic mass is 9.90. The predicted octanol–water partition coefficient (Wildman–Crippen LogP) is 4.42. The number of carbonyl (C=O) groups is 1. The first-order valence-electron chi connectivity index (χ1n) is 9.13. The second kappa shape index (κ2) is 7.98. The maximum absolute atomic E-state index is 12.3. The van der Waals surface area contributed by atoms with Gasteiger partial charge >= 0.3 is 0 Å². The lowest BCUT2D eigenvalue weighted by Gasteiger charge is -2.17. The molecule has 0 saturated heterocycles. The zero-order valence-corrected chi connectivity index (χ0v) is 15.2. The van der Waals surface area contributed by atoms with Crippen LogP contribution in [0.15, 0.2) is 85.1 Å². The minimum Gasteiger partial charge on any atom is -0.381 e. The number of aromatic amines is 1. The molecule has 0 aliphatic rings. The maximum Gasteiger partial charge on any atom is 0.255 e. The summed E-state index contributed by atoms with van der Waals surface area (Å²) < 4.78 is 0. The number of H-pyrrole nitrogens is 1. The molecule has 28 heavy (non-hydrogen) atoms. The molecule has 0 aliphatic carbocycles. The number of hydrogen-bond acceptors (Lipinski definition) is 3. The van der Waals surface area contributed by atoms with Crippen molar-refractivity contribution in [1.82, 2.24) is 10.5 Å². The second-order valence-corrected chi connectivity index (χ2v) is 6.70. The number of carbonyl (C=O) groups excluding carboxylic acids is 1. The van der Waals surface area contributed by atoms with Gasteiger partial charge in [-0.25, -0.2) is 5.48 Å². The Labute approximate surface area is 163 Å². The van der Waals surface area contributed by atoms with Gasteiger partial charge in [-0.05, 0) is 52.4 Å². The molecule has 1 heterocycles. The van der Waals surface area contributed by atoms with Gasteiger partial charge < -0.3 is 10.3 Å². The third-order valence-corrected chi connectivity index (χ3v) is 4.84. The molecule has 1 amide bonds. The summed E-state index contributed by atoms with van der Waals surface area (Å²) in [6.07, 6.45) is 1.93. The molecular formula is C23H21N3O2. The van der Waals surface area contributed by atoms with Crippen LogP contribution in [0.25, 0.3) is 10.9 Å². The standard InChI is InChI=1S/C23H21N3O2/c27-23(26-28)22(17-5-2-1-3-6-17)19-7-4-8-20(14-19)25-15-16-9-10-21-18(13-16)11-12-24-21/h1-14,22,24-25,28H,15H2,(H,26,27). The lowest BCUT2D eigenvalue weighted by molar-refractivity contribution is -0.129. The number of amides is 1. The molecule has 4 aromatic rings. The van der Waals surface area contributed by atoms with Gasteiger partial charge in [0, 0.05) is 23.9 Å². The molecule has 1 atom stereocenters. The molecule has 0 bridgehead atoms. The molecule has 5 heteroatoms. The van der Waals surface area contributed by atoms with E-state index in [2.05, 4.69) is 34.6 Å². The zero-order valence-electron chi connectivity index (χ0n) is 15.2. The van der Waals surface area contributed by atoms with Crippen molar-refractivity contribution in [1.29, 1.82) is 0 Å². The van der Waals surface area contributed by atoms with Gasteiger partial charge in [0.25, 0.3) is 5.91 Å². The van der Waals surface area contributed by atoms with Gasteiger partial charge in [-0.2, -0.15) is 0 Å². The van der Waals surface area contributed by atoms with Crippen LogP contribution in [-0.4, -0.2) is 16.1 Å². The zero-order chi connectivity index (χ0) is 19.3. The molecule has 0 fully saturated rings. The number of hydrogen-bond donors (Lipinski definition) is 4. The van der Waals surface area contributed by atoms with E-state index < -0.39 is 11.8 Å². The van der Waals surface area contributed by atoms with E-state index in [4.69, 9.17) is 0 Å². The van der Waals surface area contributed by atoms with Crippen molar-refractivity contribution < 1.29 is 10.0 Å². The van der Waals surface area contributed by atoms with Crippen molar-refractivity contribution in [3.05, 3.63) is 102 Å². The minimum atomic E-state index is -0.579. The topological polar surface area (TPSA) is 77.2 Å². The molecule has 1 unspecified atom stereocenters. The smallest absolute Gasteiger partial charge is 0.255 e. The highest BCUT2D eigenvalue weighted by atomic mass is 16.5. The average molecular weight is 371 g/mol. The highest BCUT2D eigenvalue weighted by molar-refractivity contribution is 5.86. The Kier molecular flexibility index (Phi) is 5.08. The molecule has 140 valence electrons. The van der Waals surface area contributed by atoms with E-state index in [0.717, 1.165) is 22.3 Å². The number of anilines is 1. The predicted molar refractivity (Wildman–Crippen MR) is 110 cm³/mol. The number of aromatic nitrogens is 1.